The van der Waals surface area contributed by atoms with Gasteiger partial charge in [0.25, 0.3) is 0 Å². The maximum atomic E-state index is 15.4. The fourth-order valence-electron chi connectivity index (χ4n) is 6.98. The number of rotatable bonds is 14. The Morgan fingerprint density at radius 2 is 2.02 bits per heavy atom. The fraction of sp³-hybridized carbons (Fsp3) is 0.368. The molecule has 58 heavy (non-hydrogen) atoms. The molecule has 3 aromatic heterocycles. The average molecular weight is 853 g/mol. The summed E-state index contributed by atoms with van der Waals surface area (Å²) in [4.78, 5) is 66.6. The molecule has 7 N–H and O–H groups in total. The molecule has 0 spiro atoms. The Labute approximate surface area is 344 Å². The third kappa shape index (κ3) is 8.29. The number of carbonyl (C=O) groups is 4. The zero-order valence-electron chi connectivity index (χ0n) is 31.4. The van der Waals surface area contributed by atoms with Crippen LogP contribution in [0.4, 0.5) is 9.52 Å². The standard InChI is InChI=1S/C38H39ClFN9O7S2/c1-38(2,36(54)55)56-46-28(29-31(39)58-37(42)45-29)27(50)13-24-33(51)49-30(35(52)53)22(18-57-34(24)49)15-47-10-7-19-8-11-48(26(19)17-47)16-21-6-5-20(12-25(21)40)32(41)44-23-4-3-9-43-14-23/h5-8,10-12,17,23-24,34,43H,3-4,9,13-16,18H2,1-2H3,(H5-,41,42,44,45,52,53,54,55)/p+1/b46-28+/t23?,24-,34-/m1/s1. The summed E-state index contributed by atoms with van der Waals surface area (Å²) in [5.41, 5.74) is 11.7. The van der Waals surface area contributed by atoms with E-state index in [1.165, 1.54) is 36.6 Å². The molecule has 0 saturated carbocycles. The number of carboxylic acid groups (broad SMARTS) is 2. The van der Waals surface area contributed by atoms with Crippen LogP contribution in [0.2, 0.25) is 4.34 Å². The Kier molecular flexibility index (Phi) is 11.6. The number of amidine groups is 1. The molecule has 6 heterocycles. The number of thiazole rings is 1. The maximum absolute atomic E-state index is 15.4. The van der Waals surface area contributed by atoms with E-state index in [1.807, 2.05) is 33.7 Å². The van der Waals surface area contributed by atoms with Gasteiger partial charge in [0.2, 0.25) is 11.5 Å². The molecular formula is C38H40ClFN9O7S2+. The van der Waals surface area contributed by atoms with Gasteiger partial charge in [0.05, 0.1) is 23.9 Å². The topological polar surface area (TPSA) is 232 Å². The number of carbonyl (C=O) groups excluding carboxylic acids is 2. The zero-order valence-corrected chi connectivity index (χ0v) is 33.7. The molecule has 304 valence electrons. The van der Waals surface area contributed by atoms with Crippen LogP contribution in [0.5, 0.6) is 0 Å². The lowest BCUT2D eigenvalue weighted by Gasteiger charge is -2.49. The molecule has 4 aromatic rings. The molecule has 3 aliphatic rings. The molecular weight excluding hydrogens is 813 g/mol. The van der Waals surface area contributed by atoms with E-state index in [4.69, 9.17) is 27.9 Å². The number of aliphatic carboxylic acids is 2. The van der Waals surface area contributed by atoms with Crippen molar-refractivity contribution in [1.29, 1.82) is 0 Å². The van der Waals surface area contributed by atoms with Crippen LogP contribution in [0, 0.1) is 11.7 Å². The minimum atomic E-state index is -1.81. The fourth-order valence-corrected chi connectivity index (χ4v) is 9.31. The number of pyridine rings is 1. The number of thioether (sulfide) groups is 1. The van der Waals surface area contributed by atoms with E-state index in [0.29, 0.717) is 22.5 Å². The minimum absolute atomic E-state index is 0.0130. The number of Topliss-reactive ketones (excluding diaryl/α,β-unsaturated/α-hetero) is 1. The number of benzene rings is 1. The predicted molar refractivity (Wildman–Crippen MR) is 216 cm³/mol. The van der Waals surface area contributed by atoms with Crippen LogP contribution in [-0.4, -0.2) is 95.7 Å². The second-order valence-electron chi connectivity index (χ2n) is 14.6. The molecule has 2 saturated heterocycles. The minimum Gasteiger partial charge on any atom is -0.478 e. The highest BCUT2D eigenvalue weighted by Gasteiger charge is 2.54. The van der Waals surface area contributed by atoms with Gasteiger partial charge in [0.1, 0.15) is 32.9 Å². The number of aliphatic imine (C=N–C) groups is 1. The third-order valence-corrected chi connectivity index (χ3v) is 12.6. The van der Waals surface area contributed by atoms with Gasteiger partial charge in [-0.25, -0.2) is 19.0 Å². The molecule has 0 aliphatic carbocycles. The van der Waals surface area contributed by atoms with E-state index in [9.17, 15) is 29.4 Å². The number of nitrogen functional groups attached to an aromatic ring is 1. The highest BCUT2D eigenvalue weighted by molar-refractivity contribution is 8.00. The number of aromatic nitrogens is 3. The number of halogens is 2. The van der Waals surface area contributed by atoms with Crippen LogP contribution in [0.15, 0.2) is 70.3 Å². The number of hydrogen-bond donors (Lipinski definition) is 5. The first-order valence-electron chi connectivity index (χ1n) is 18.3. The lowest BCUT2D eigenvalue weighted by Crippen LogP contribution is -2.62. The number of β-lactam (4-membered cyclic amide) rings is 1. The first-order chi connectivity index (χ1) is 27.6. The van der Waals surface area contributed by atoms with Gasteiger partial charge >= 0.3 is 11.9 Å². The lowest BCUT2D eigenvalue weighted by molar-refractivity contribution is -0.687. The normalized spacial score (nSPS) is 20.2. The van der Waals surface area contributed by atoms with Crippen LogP contribution in [0.1, 0.15) is 49.9 Å². The van der Waals surface area contributed by atoms with Gasteiger partial charge in [-0.05, 0) is 45.4 Å². The summed E-state index contributed by atoms with van der Waals surface area (Å²) in [5, 5.41) is 27.2. The zero-order chi connectivity index (χ0) is 41.5. The first-order valence-corrected chi connectivity index (χ1v) is 20.5. The van der Waals surface area contributed by atoms with Crippen molar-refractivity contribution in [2.45, 2.75) is 63.2 Å². The van der Waals surface area contributed by atoms with Crippen molar-refractivity contribution < 1.29 is 43.2 Å². The van der Waals surface area contributed by atoms with Gasteiger partial charge < -0.3 is 36.4 Å². The largest absolute Gasteiger partial charge is 0.478 e. The van der Waals surface area contributed by atoms with E-state index in [1.54, 1.807) is 18.3 Å². The summed E-state index contributed by atoms with van der Waals surface area (Å²) in [7, 11) is 0. The Hall–Kier alpha value is -5.37. The molecule has 1 amide bonds. The quantitative estimate of drug-likeness (QED) is 0.0404. The second kappa shape index (κ2) is 16.5. The summed E-state index contributed by atoms with van der Waals surface area (Å²) >= 11 is 8.46. The molecule has 1 unspecified atom stereocenters. The molecule has 7 rings (SSSR count). The van der Waals surface area contributed by atoms with Gasteiger partial charge in [-0.3, -0.25) is 19.5 Å². The molecule has 1 aromatic carbocycles. The van der Waals surface area contributed by atoms with Crippen LogP contribution in [0.25, 0.3) is 10.9 Å². The summed E-state index contributed by atoms with van der Waals surface area (Å²) in [6.45, 7) is 4.53. The number of oxime groups is 1. The molecule has 20 heteroatoms. The van der Waals surface area contributed by atoms with Crippen molar-refractivity contribution in [3.05, 3.63) is 87.2 Å². The number of anilines is 1. The molecule has 2 fully saturated rings. The Morgan fingerprint density at radius 3 is 2.69 bits per heavy atom. The Morgan fingerprint density at radius 1 is 1.22 bits per heavy atom. The molecule has 0 radical (unpaired) electrons. The van der Waals surface area contributed by atoms with Crippen LogP contribution in [-0.2, 0) is 37.1 Å². The number of nitrogens with two attached hydrogens (primary N) is 2. The van der Waals surface area contributed by atoms with Crippen molar-refractivity contribution in [1.82, 2.24) is 19.8 Å². The van der Waals surface area contributed by atoms with E-state index in [2.05, 4.69) is 20.4 Å². The Balaban J connectivity index is 1.07. The third-order valence-electron chi connectivity index (χ3n) is 10.2. The SMILES string of the molecule is CC(C)(O/N=C(\C(=O)C[C@@H]1C(=O)N2C(C(=O)O)=C(C[n+]3ccc4ccn(Cc5ccc(C(N)=NC6CCCNC6)cc5F)c4c3)CS[C@H]12)c1nc(N)sc1Cl)C(=O)O. The van der Waals surface area contributed by atoms with Gasteiger partial charge in [0.15, 0.2) is 35.6 Å². The number of amides is 1. The van der Waals surface area contributed by atoms with Gasteiger partial charge in [-0.2, -0.15) is 4.57 Å². The van der Waals surface area contributed by atoms with Gasteiger partial charge in [0, 0.05) is 53.1 Å². The predicted octanol–water partition coefficient (Wildman–Crippen LogP) is 3.38. The highest BCUT2D eigenvalue weighted by Crippen LogP contribution is 2.45. The number of nitrogens with zero attached hydrogens (tertiary/aromatic N) is 6. The van der Waals surface area contributed by atoms with E-state index in [0.717, 1.165) is 48.2 Å². The van der Waals surface area contributed by atoms with Crippen molar-refractivity contribution >= 4 is 85.9 Å². The van der Waals surface area contributed by atoms with Crippen LogP contribution < -0.4 is 21.4 Å². The van der Waals surface area contributed by atoms with Crippen molar-refractivity contribution in [2.75, 3.05) is 24.6 Å². The second-order valence-corrected chi connectivity index (χ2v) is 17.4. The maximum Gasteiger partial charge on any atom is 0.352 e. The van der Waals surface area contributed by atoms with Gasteiger partial charge in [-0.1, -0.05) is 40.2 Å². The van der Waals surface area contributed by atoms with Gasteiger partial charge in [-0.15, -0.1) is 11.8 Å². The molecule has 16 nitrogen and oxygen atoms in total. The number of fused-ring (bicyclic) bond motifs is 2. The number of ketones is 1. The van der Waals surface area contributed by atoms with E-state index >= 15 is 4.39 Å². The number of piperidine rings is 1. The number of carboxylic acids is 2. The average Bonchev–Trinajstić information content (AvgIpc) is 3.74. The Bertz CT molecular complexity index is 2420. The van der Waals surface area contributed by atoms with Crippen molar-refractivity contribution in [3.8, 4) is 0 Å². The summed E-state index contributed by atoms with van der Waals surface area (Å²) in [6.07, 6.45) is 7.04. The van der Waals surface area contributed by atoms with Crippen LogP contribution in [0.3, 0.4) is 0 Å². The monoisotopic (exact) mass is 852 g/mol. The summed E-state index contributed by atoms with van der Waals surface area (Å²) < 4.78 is 19.1. The molecule has 3 aliphatic heterocycles. The molecule has 0 bridgehead atoms. The highest BCUT2D eigenvalue weighted by atomic mass is 35.5. The van der Waals surface area contributed by atoms with E-state index in [-0.39, 0.29) is 45.7 Å². The number of nitrogens with one attached hydrogen (secondary N) is 1. The van der Waals surface area contributed by atoms with Crippen molar-refractivity contribution in [2.24, 2.45) is 21.8 Å². The summed E-state index contributed by atoms with van der Waals surface area (Å²) in [5.74, 6) is -4.71. The lowest BCUT2D eigenvalue weighted by atomic mass is 9.89. The smallest absolute Gasteiger partial charge is 0.352 e. The number of hydrogen-bond acceptors (Lipinski definition) is 12. The molecule has 3 atom stereocenters. The summed E-state index contributed by atoms with van der Waals surface area (Å²) in [6, 6.07) is 8.71. The first kappa shape index (κ1) is 40.8. The van der Waals surface area contributed by atoms with Crippen LogP contribution >= 0.6 is 34.7 Å². The van der Waals surface area contributed by atoms with E-state index < -0.39 is 58.5 Å². The van der Waals surface area contributed by atoms with Crippen molar-refractivity contribution in [3.63, 3.8) is 0 Å².